The number of carbonyl (C=O) groups is 2. The molecule has 19 heteroatoms. The highest BCUT2D eigenvalue weighted by atomic mass is 79.9. The Labute approximate surface area is 483 Å². The van der Waals surface area contributed by atoms with E-state index in [-0.39, 0.29) is 36.6 Å². The molecule has 4 aliphatic rings. The van der Waals surface area contributed by atoms with Gasteiger partial charge in [0.2, 0.25) is 0 Å². The molecule has 4 saturated heterocycles. The Hall–Kier alpha value is -5.42. The summed E-state index contributed by atoms with van der Waals surface area (Å²) in [7, 11) is 0. The van der Waals surface area contributed by atoms with Gasteiger partial charge in [0.05, 0.1) is 68.8 Å². The van der Waals surface area contributed by atoms with Crippen LogP contribution in [-0.4, -0.2) is 134 Å². The van der Waals surface area contributed by atoms with Crippen molar-refractivity contribution in [1.82, 2.24) is 20.4 Å². The molecule has 18 nitrogen and oxygen atoms in total. The van der Waals surface area contributed by atoms with E-state index in [1.165, 1.54) is 0 Å². The van der Waals surface area contributed by atoms with Gasteiger partial charge < -0.3 is 69.6 Å². The van der Waals surface area contributed by atoms with Crippen molar-refractivity contribution in [3.05, 3.63) is 141 Å². The lowest BCUT2D eigenvalue weighted by molar-refractivity contribution is -0.0909. The van der Waals surface area contributed by atoms with Crippen LogP contribution in [0.3, 0.4) is 0 Å². The van der Waals surface area contributed by atoms with E-state index in [0.29, 0.717) is 95.0 Å². The number of nitrogens with zero attached hydrogens (tertiary/aromatic N) is 2. The first-order chi connectivity index (χ1) is 39.2. The van der Waals surface area contributed by atoms with Gasteiger partial charge >= 0.3 is 12.2 Å². The molecule has 10 rings (SSSR count). The number of rotatable bonds is 24. The number of furan rings is 2. The lowest BCUT2D eigenvalue weighted by Crippen LogP contribution is -2.50. The van der Waals surface area contributed by atoms with Crippen molar-refractivity contribution in [2.75, 3.05) is 52.6 Å². The first-order valence-corrected chi connectivity index (χ1v) is 29.4. The van der Waals surface area contributed by atoms with Gasteiger partial charge in [-0.15, -0.1) is 0 Å². The predicted octanol–water partition coefficient (Wildman–Crippen LogP) is 8.38. The molecule has 0 radical (unpaired) electrons. The maximum absolute atomic E-state index is 13.1. The topological polar surface area (TPSA) is 239 Å². The summed E-state index contributed by atoms with van der Waals surface area (Å²) in [5, 5.41) is 31.0. The lowest BCUT2D eigenvalue weighted by Gasteiger charge is -2.31. The minimum atomic E-state index is -0.838. The number of hydrogen-bond donors (Lipinski definition) is 6. The largest absolute Gasteiger partial charge is 0.464 e. The molecule has 0 spiro atoms. The molecule has 438 valence electrons. The molecule has 0 bridgehead atoms. The number of aliphatic hydroxyl groups is 2. The van der Waals surface area contributed by atoms with Crippen LogP contribution in [0.5, 0.6) is 0 Å². The van der Waals surface area contributed by atoms with Gasteiger partial charge in [-0.05, 0) is 100.0 Å². The summed E-state index contributed by atoms with van der Waals surface area (Å²) < 4.78 is 46.0. The molecule has 0 saturated carbocycles. The molecule has 6 aromatic rings. The zero-order valence-electron chi connectivity index (χ0n) is 47.0. The van der Waals surface area contributed by atoms with Gasteiger partial charge in [0, 0.05) is 74.3 Å². The summed E-state index contributed by atoms with van der Waals surface area (Å²) in [6.07, 6.45) is 0.201. The third-order valence-electron chi connectivity index (χ3n) is 15.5. The molecule has 8 N–H and O–H groups in total. The van der Waals surface area contributed by atoms with E-state index in [2.05, 4.69) is 76.2 Å². The van der Waals surface area contributed by atoms with Crippen LogP contribution in [-0.2, 0) is 67.4 Å². The second-order valence-electron chi connectivity index (χ2n) is 22.8. The summed E-state index contributed by atoms with van der Waals surface area (Å²) in [6.45, 7) is 14.9. The Morgan fingerprint density at radius 1 is 0.630 bits per heavy atom. The normalized spacial score (nSPS) is 22.0. The Morgan fingerprint density at radius 2 is 1.11 bits per heavy atom. The molecule has 0 aliphatic carbocycles. The van der Waals surface area contributed by atoms with Crippen LogP contribution >= 0.6 is 15.9 Å². The number of fused-ring (bicyclic) bond motifs is 4. The van der Waals surface area contributed by atoms with Crippen molar-refractivity contribution in [3.63, 3.8) is 0 Å². The van der Waals surface area contributed by atoms with Crippen LogP contribution in [0, 0.1) is 23.7 Å². The molecule has 10 atom stereocenters. The van der Waals surface area contributed by atoms with Crippen molar-refractivity contribution < 1.29 is 57.1 Å². The number of halogens is 1. The lowest BCUT2D eigenvalue weighted by atomic mass is 10.00. The minimum Gasteiger partial charge on any atom is -0.464 e. The van der Waals surface area contributed by atoms with E-state index in [4.69, 9.17) is 48.7 Å². The van der Waals surface area contributed by atoms with Crippen molar-refractivity contribution in [2.24, 2.45) is 35.1 Å². The zero-order chi connectivity index (χ0) is 57.0. The van der Waals surface area contributed by atoms with Gasteiger partial charge in [0.15, 0.2) is 17.2 Å². The molecule has 81 heavy (non-hydrogen) atoms. The van der Waals surface area contributed by atoms with Crippen LogP contribution in [0.4, 0.5) is 9.59 Å². The standard InChI is InChI=1S/C31H40BrN3O6.C31H41N3O6/c1-19(2)15-35(16-21-8-9-27-23(12-21)24(14-33)29(32)40-27)17-26(36)25(13-20-6-4-3-5-7-20)34-31(37)41-28-18-39-30-22(28)10-11-38-30;1-20(2)15-34(16-22-8-9-28-25(12-22)23(14-32)18-38-28)17-27(35)26(13-21-6-4-3-5-7-21)33-31(36)40-29-19-39-30-24(29)10-11-37-30/h3-9,12,19,22,25-26,28,30,36H,10-11,13-18,33H2,1-2H3,(H,34,37);3-9,12,18,20,24,26-27,29-30,35H,10-11,13-17,19,32H2,1-2H3,(H,33,36)/t22-,25-,26+,28-,30+;24-,26-,27+,29-,30+/m00/s1. The number of nitrogens with two attached hydrogens (primary N) is 2. The van der Waals surface area contributed by atoms with E-state index in [1.54, 1.807) is 6.26 Å². The van der Waals surface area contributed by atoms with Crippen LogP contribution in [0.2, 0.25) is 0 Å². The van der Waals surface area contributed by atoms with Gasteiger partial charge in [0.25, 0.3) is 0 Å². The fourth-order valence-corrected chi connectivity index (χ4v) is 12.2. The van der Waals surface area contributed by atoms with Gasteiger partial charge in [-0.25, -0.2) is 9.59 Å². The third kappa shape index (κ3) is 16.2. The van der Waals surface area contributed by atoms with Crippen molar-refractivity contribution >= 4 is 50.1 Å². The quantitative estimate of drug-likeness (QED) is 0.0334. The van der Waals surface area contributed by atoms with Crippen LogP contribution in [0.15, 0.2) is 117 Å². The number of aliphatic hydroxyl groups excluding tert-OH is 2. The Balaban J connectivity index is 0.000000196. The maximum Gasteiger partial charge on any atom is 0.407 e. The highest BCUT2D eigenvalue weighted by molar-refractivity contribution is 9.10. The van der Waals surface area contributed by atoms with Crippen molar-refractivity contribution in [3.8, 4) is 0 Å². The van der Waals surface area contributed by atoms with E-state index in [1.807, 2.05) is 84.9 Å². The first kappa shape index (κ1) is 60.2. The molecule has 2 aromatic heterocycles. The van der Waals surface area contributed by atoms with Gasteiger partial charge in [-0.1, -0.05) is 100 Å². The highest BCUT2D eigenvalue weighted by Crippen LogP contribution is 2.35. The Kier molecular flexibility index (Phi) is 21.3. The molecule has 4 aromatic carbocycles. The SMILES string of the molecule is CC(C)CN(Cc1ccc2oc(Br)c(CN)c2c1)C[C@@H](O)[C@H](Cc1ccccc1)NC(=O)O[C@H]1CO[C@H]2OCC[C@H]21.CC(C)CN(Cc1ccc2occ(CN)c2c1)C[C@@H](O)[C@H](Cc1ccccc1)NC(=O)O[C@H]1CO[C@H]2OCC[C@H]21. The molecule has 0 unspecified atom stereocenters. The van der Waals surface area contributed by atoms with E-state index >= 15 is 0 Å². The van der Waals surface area contributed by atoms with E-state index in [0.717, 1.165) is 81.3 Å². The maximum atomic E-state index is 13.1. The Morgan fingerprint density at radius 3 is 1.58 bits per heavy atom. The van der Waals surface area contributed by atoms with E-state index in [9.17, 15) is 19.8 Å². The average Bonchev–Trinajstić information content (AvgIpc) is 4.32. The average molecular weight is 1180 g/mol. The van der Waals surface area contributed by atoms with Gasteiger partial charge in [-0.2, -0.15) is 0 Å². The summed E-state index contributed by atoms with van der Waals surface area (Å²) in [6, 6.07) is 30.9. The molecule has 2 amide bonds. The molecule has 4 aliphatic heterocycles. The number of alkyl carbamates (subject to hydrolysis) is 2. The summed E-state index contributed by atoms with van der Waals surface area (Å²) in [4.78, 5) is 30.5. The number of nitrogens with one attached hydrogen (secondary N) is 2. The van der Waals surface area contributed by atoms with Gasteiger partial charge in [-0.3, -0.25) is 9.80 Å². The fraction of sp³-hybridized carbons (Fsp3) is 0.516. The summed E-state index contributed by atoms with van der Waals surface area (Å²) in [5.74, 6) is 0.867. The third-order valence-corrected chi connectivity index (χ3v) is 16.2. The summed E-state index contributed by atoms with van der Waals surface area (Å²) >= 11 is 3.47. The predicted molar refractivity (Wildman–Crippen MR) is 310 cm³/mol. The summed E-state index contributed by atoms with van der Waals surface area (Å²) in [5.41, 5.74) is 19.6. The van der Waals surface area contributed by atoms with Crippen LogP contribution in [0.25, 0.3) is 21.9 Å². The number of hydrogen-bond acceptors (Lipinski definition) is 16. The Bertz CT molecular complexity index is 2940. The monoisotopic (exact) mass is 1180 g/mol. The number of carbonyl (C=O) groups excluding carboxylic acids is 2. The van der Waals surface area contributed by atoms with Gasteiger partial charge in [0.1, 0.15) is 23.4 Å². The molecule has 6 heterocycles. The number of benzene rings is 4. The van der Waals surface area contributed by atoms with E-state index < -0.39 is 36.5 Å². The van der Waals surface area contributed by atoms with Crippen molar-refractivity contribution in [2.45, 2.75) is 129 Å². The number of amides is 2. The first-order valence-electron chi connectivity index (χ1n) is 28.6. The van der Waals surface area contributed by atoms with Crippen molar-refractivity contribution in [1.29, 1.82) is 0 Å². The fourth-order valence-electron chi connectivity index (χ4n) is 11.6. The molecular weight excluding hydrogens is 1100 g/mol. The second kappa shape index (κ2) is 28.7. The number of ether oxygens (including phenoxy) is 6. The van der Waals surface area contributed by atoms with Crippen LogP contribution < -0.4 is 22.1 Å². The zero-order valence-corrected chi connectivity index (χ0v) is 48.5. The molecular formula is C62H81BrN6O12. The second-order valence-corrected chi connectivity index (χ2v) is 23.5. The smallest absolute Gasteiger partial charge is 0.407 e. The highest BCUT2D eigenvalue weighted by Gasteiger charge is 2.45. The van der Waals surface area contributed by atoms with Crippen LogP contribution in [0.1, 0.15) is 73.9 Å². The minimum absolute atomic E-state index is 0.0488. The molecule has 4 fully saturated rings.